The van der Waals surface area contributed by atoms with Crippen LogP contribution in [0, 0.1) is 22.6 Å². The zero-order valence-electron chi connectivity index (χ0n) is 12.1. The van der Waals surface area contributed by atoms with E-state index in [0.717, 1.165) is 0 Å². The molecule has 5 nitrogen and oxygen atoms in total. The van der Waals surface area contributed by atoms with Gasteiger partial charge in [-0.25, -0.2) is 4.39 Å². The number of amides is 1. The fourth-order valence-electron chi connectivity index (χ4n) is 2.47. The van der Waals surface area contributed by atoms with Crippen molar-refractivity contribution >= 4 is 11.8 Å². The highest BCUT2D eigenvalue weighted by Crippen LogP contribution is 2.32. The number of rotatable bonds is 5. The quantitative estimate of drug-likeness (QED) is 0.499. The summed E-state index contributed by atoms with van der Waals surface area (Å²) in [7, 11) is 0. The molecule has 114 valence electrons. The van der Waals surface area contributed by atoms with Gasteiger partial charge in [-0.15, -0.1) is 0 Å². The first-order chi connectivity index (χ1) is 11.1. The van der Waals surface area contributed by atoms with E-state index in [1.54, 1.807) is 36.7 Å². The monoisotopic (exact) mass is 309 g/mol. The fourth-order valence-corrected chi connectivity index (χ4v) is 2.47. The van der Waals surface area contributed by atoms with Crippen LogP contribution >= 0.6 is 0 Å². The van der Waals surface area contributed by atoms with E-state index in [2.05, 4.69) is 0 Å². The van der Waals surface area contributed by atoms with Gasteiger partial charge in [-0.05, 0) is 11.9 Å². The number of carbonyl (C=O) groups excluding carboxylic acids is 1. The van der Waals surface area contributed by atoms with E-state index in [9.17, 15) is 14.4 Å². The second kappa shape index (κ2) is 7.12. The molecular formula is C17H14FN4O+. The van der Waals surface area contributed by atoms with Crippen molar-refractivity contribution in [3.63, 3.8) is 0 Å². The lowest BCUT2D eigenvalue weighted by molar-refractivity contribution is -0.711. The van der Waals surface area contributed by atoms with Crippen LogP contribution in [0.3, 0.4) is 0 Å². The zero-order chi connectivity index (χ0) is 16.8. The number of hydrogen-bond donors (Lipinski definition) is 2. The second-order valence-corrected chi connectivity index (χ2v) is 4.82. The van der Waals surface area contributed by atoms with Gasteiger partial charge in [0, 0.05) is 17.7 Å². The van der Waals surface area contributed by atoms with Gasteiger partial charge in [-0.3, -0.25) is 10.2 Å². The molecule has 23 heavy (non-hydrogen) atoms. The van der Waals surface area contributed by atoms with Crippen molar-refractivity contribution in [1.29, 1.82) is 10.7 Å². The van der Waals surface area contributed by atoms with Gasteiger partial charge >= 0.3 is 0 Å². The molecule has 2 unspecified atom stereocenters. The summed E-state index contributed by atoms with van der Waals surface area (Å²) in [5.74, 6) is -0.357. The van der Waals surface area contributed by atoms with Crippen LogP contribution in [0.4, 0.5) is 4.39 Å². The molecule has 0 aliphatic heterocycles. The van der Waals surface area contributed by atoms with Crippen LogP contribution in [0.1, 0.15) is 17.5 Å². The molecule has 0 saturated heterocycles. The van der Waals surface area contributed by atoms with E-state index in [0.29, 0.717) is 0 Å². The van der Waals surface area contributed by atoms with E-state index < -0.39 is 23.7 Å². The SMILES string of the molecule is N#CC(=C=N)C(c1ccccc1F)C(C(N)=O)[n+]1ccccc1. The molecule has 2 rings (SSSR count). The lowest BCUT2D eigenvalue weighted by atomic mass is 9.84. The summed E-state index contributed by atoms with van der Waals surface area (Å²) in [6.45, 7) is 0. The molecule has 0 fully saturated rings. The van der Waals surface area contributed by atoms with Crippen molar-refractivity contribution < 1.29 is 13.8 Å². The van der Waals surface area contributed by atoms with Crippen molar-refractivity contribution in [2.75, 3.05) is 0 Å². The summed E-state index contributed by atoms with van der Waals surface area (Å²) in [6, 6.07) is 11.7. The molecule has 6 heteroatoms. The van der Waals surface area contributed by atoms with Crippen molar-refractivity contribution in [2.24, 2.45) is 5.73 Å². The summed E-state index contributed by atoms with van der Waals surface area (Å²) in [5, 5.41) is 16.6. The molecule has 3 N–H and O–H groups in total. The summed E-state index contributed by atoms with van der Waals surface area (Å²) in [5.41, 5.74) is 5.45. The van der Waals surface area contributed by atoms with Crippen molar-refractivity contribution in [3.8, 4) is 6.07 Å². The molecule has 1 aromatic heterocycles. The first-order valence-corrected chi connectivity index (χ1v) is 6.79. The molecule has 1 amide bonds. The Kier molecular flexibility index (Phi) is 4.98. The Morgan fingerprint density at radius 2 is 1.87 bits per heavy atom. The summed E-state index contributed by atoms with van der Waals surface area (Å²) >= 11 is 0. The third-order valence-corrected chi connectivity index (χ3v) is 3.47. The topological polar surface area (TPSA) is 94.6 Å². The van der Waals surface area contributed by atoms with Gasteiger partial charge in [0.25, 0.3) is 5.91 Å². The minimum atomic E-state index is -1.05. The molecule has 0 aliphatic carbocycles. The Morgan fingerprint density at radius 1 is 1.22 bits per heavy atom. The van der Waals surface area contributed by atoms with Gasteiger partial charge in [0.2, 0.25) is 6.04 Å². The number of nitrogens with two attached hydrogens (primary N) is 1. The lowest BCUT2D eigenvalue weighted by Crippen LogP contribution is -2.49. The Bertz CT molecular complexity index is 807. The molecule has 0 radical (unpaired) electrons. The molecule has 1 aromatic carbocycles. The number of halogens is 1. The predicted molar refractivity (Wildman–Crippen MR) is 80.9 cm³/mol. The van der Waals surface area contributed by atoms with Crippen LogP contribution in [0.25, 0.3) is 0 Å². The average molecular weight is 309 g/mol. The van der Waals surface area contributed by atoms with E-state index >= 15 is 0 Å². The summed E-state index contributed by atoms with van der Waals surface area (Å²) < 4.78 is 15.7. The van der Waals surface area contributed by atoms with Gasteiger partial charge in [-0.1, -0.05) is 24.3 Å². The number of benzene rings is 1. The molecule has 0 bridgehead atoms. The van der Waals surface area contributed by atoms with Crippen LogP contribution in [-0.2, 0) is 4.79 Å². The number of nitrogens with one attached hydrogen (secondary N) is 1. The normalized spacial score (nSPS) is 12.5. The van der Waals surface area contributed by atoms with Crippen LogP contribution in [0.2, 0.25) is 0 Å². The largest absolute Gasteiger partial charge is 0.364 e. The highest BCUT2D eigenvalue weighted by Gasteiger charge is 2.40. The van der Waals surface area contributed by atoms with E-state index in [1.165, 1.54) is 22.8 Å². The number of nitriles is 1. The zero-order valence-corrected chi connectivity index (χ0v) is 12.1. The molecule has 2 atom stereocenters. The summed E-state index contributed by atoms with van der Waals surface area (Å²) in [6.07, 6.45) is 3.20. The van der Waals surface area contributed by atoms with Gasteiger partial charge in [0.15, 0.2) is 12.4 Å². The molecule has 1 heterocycles. The van der Waals surface area contributed by atoms with Crippen LogP contribution in [-0.4, -0.2) is 11.8 Å². The van der Waals surface area contributed by atoms with E-state index in [1.807, 2.05) is 11.9 Å². The number of allylic oxidation sites excluding steroid dienone is 1. The maximum Gasteiger partial charge on any atom is 0.287 e. The molecule has 2 aromatic rings. The Labute approximate surface area is 132 Å². The van der Waals surface area contributed by atoms with Crippen LogP contribution < -0.4 is 10.3 Å². The van der Waals surface area contributed by atoms with Crippen molar-refractivity contribution in [2.45, 2.75) is 12.0 Å². The smallest absolute Gasteiger partial charge is 0.287 e. The van der Waals surface area contributed by atoms with Crippen LogP contribution in [0.15, 0.2) is 60.4 Å². The third kappa shape index (κ3) is 3.31. The summed E-state index contributed by atoms with van der Waals surface area (Å²) in [4.78, 5) is 12.0. The number of hydrogen-bond acceptors (Lipinski definition) is 3. The molecule has 0 saturated carbocycles. The first-order valence-electron chi connectivity index (χ1n) is 6.79. The van der Waals surface area contributed by atoms with Crippen LogP contribution in [0.5, 0.6) is 0 Å². The maximum absolute atomic E-state index is 14.2. The number of primary amides is 1. The fraction of sp³-hybridized carbons (Fsp3) is 0.118. The van der Waals surface area contributed by atoms with E-state index in [-0.39, 0.29) is 11.1 Å². The average Bonchev–Trinajstić information content (AvgIpc) is 2.56. The Morgan fingerprint density at radius 3 is 2.39 bits per heavy atom. The van der Waals surface area contributed by atoms with Gasteiger partial charge in [0.1, 0.15) is 23.4 Å². The number of carbonyl (C=O) groups is 1. The van der Waals surface area contributed by atoms with E-state index in [4.69, 9.17) is 11.1 Å². The Hall–Kier alpha value is -3.29. The van der Waals surface area contributed by atoms with Crippen molar-refractivity contribution in [3.05, 3.63) is 71.8 Å². The third-order valence-electron chi connectivity index (χ3n) is 3.47. The minimum Gasteiger partial charge on any atom is -0.364 e. The highest BCUT2D eigenvalue weighted by atomic mass is 19.1. The lowest BCUT2D eigenvalue weighted by Gasteiger charge is -2.20. The number of nitrogens with zero attached hydrogens (tertiary/aromatic N) is 2. The predicted octanol–water partition coefficient (Wildman–Crippen LogP) is 1.62. The van der Waals surface area contributed by atoms with Gasteiger partial charge in [0.05, 0.1) is 0 Å². The van der Waals surface area contributed by atoms with Gasteiger partial charge in [-0.2, -0.15) is 9.83 Å². The van der Waals surface area contributed by atoms with Gasteiger partial charge < -0.3 is 5.73 Å². The number of pyridine rings is 1. The standard InChI is InChI=1S/C17H13FN4O/c18-14-7-3-2-6-13(14)15(12(10-19)11-20)16(17(21)23)22-8-4-1-5-9-22/h1-9,15-16,19H,(H-,21,23)/p+1. The molecule has 0 spiro atoms. The second-order valence-electron chi connectivity index (χ2n) is 4.82. The molecule has 0 aliphatic rings. The minimum absolute atomic E-state index is 0.115. The maximum atomic E-state index is 14.2. The molecular weight excluding hydrogens is 295 g/mol. The Balaban J connectivity index is 2.70. The number of aromatic nitrogens is 1. The van der Waals surface area contributed by atoms with Crippen molar-refractivity contribution in [1.82, 2.24) is 0 Å². The first kappa shape index (κ1) is 16.1. The highest BCUT2D eigenvalue weighted by molar-refractivity contribution is 5.80.